The molecule has 2 aliphatic heterocycles. The van der Waals surface area contributed by atoms with Gasteiger partial charge in [0.2, 0.25) is 11.7 Å². The summed E-state index contributed by atoms with van der Waals surface area (Å²) in [6.07, 6.45) is 53.6. The predicted octanol–water partition coefficient (Wildman–Crippen LogP) is 21.1. The molecule has 5 rings (SSSR count). The Morgan fingerprint density at radius 2 is 0.967 bits per heavy atom. The Morgan fingerprint density at radius 1 is 0.557 bits per heavy atom. The number of benzene rings is 1. The molecule has 0 bridgehead atoms. The summed E-state index contributed by atoms with van der Waals surface area (Å²) in [7, 11) is -6.70. The number of aromatic nitrogens is 4. The van der Waals surface area contributed by atoms with Crippen LogP contribution in [0.15, 0.2) is 45.0 Å². The summed E-state index contributed by atoms with van der Waals surface area (Å²) < 4.78 is 85.7. The van der Waals surface area contributed by atoms with Gasteiger partial charge in [0, 0.05) is 60.8 Å². The lowest BCUT2D eigenvalue weighted by Gasteiger charge is -2.23. The number of carbonyl (C=O) groups is 5. The maximum absolute atomic E-state index is 14.5. The van der Waals surface area contributed by atoms with E-state index in [1.54, 1.807) is 19.2 Å². The first kappa shape index (κ1) is 106. The second kappa shape index (κ2) is 65.4. The summed E-state index contributed by atoms with van der Waals surface area (Å²) in [5, 5.41) is 2.50. The number of anilines is 1. The number of H-pyrrole nitrogens is 1. The Hall–Kier alpha value is -6.22. The van der Waals surface area contributed by atoms with Crippen LogP contribution in [0.3, 0.4) is 0 Å². The number of likely N-dealkylation sites (N-methyl/N-ethyl adjacent to an activating group) is 1. The fraction of sp³-hybridized carbons (Fsp3) is 0.793. The van der Waals surface area contributed by atoms with Crippen LogP contribution in [-0.2, 0) is 60.8 Å². The normalized spacial score (nSPS) is 17.0. The van der Waals surface area contributed by atoms with Gasteiger partial charge in [0.1, 0.15) is 61.7 Å². The van der Waals surface area contributed by atoms with Crippen molar-refractivity contribution >= 4 is 51.4 Å². The van der Waals surface area contributed by atoms with Crippen molar-refractivity contribution in [2.45, 2.75) is 418 Å². The number of amides is 2. The maximum Gasteiger partial charge on any atom is 0.694 e. The average molecular weight is 1760 g/mol. The van der Waals surface area contributed by atoms with E-state index in [0.717, 1.165) is 66.9 Å². The molecule has 4 heterocycles. The molecule has 0 spiro atoms. The highest BCUT2D eigenvalue weighted by molar-refractivity contribution is 7.47. The highest BCUT2D eigenvalue weighted by atomic mass is 31.2. The lowest BCUT2D eigenvalue weighted by molar-refractivity contribution is -0.153. The molecule has 3 aromatic rings. The van der Waals surface area contributed by atoms with Gasteiger partial charge in [0.15, 0.2) is 11.5 Å². The van der Waals surface area contributed by atoms with Crippen molar-refractivity contribution in [1.82, 2.24) is 24.0 Å². The molecule has 30 heteroatoms. The van der Waals surface area contributed by atoms with E-state index in [9.17, 15) is 57.3 Å². The van der Waals surface area contributed by atoms with Crippen molar-refractivity contribution < 1.29 is 89.6 Å². The molecule has 2 amide bonds. The topological polar surface area (TPSA) is 357 Å². The van der Waals surface area contributed by atoms with Crippen LogP contribution >= 0.6 is 16.1 Å². The quantitative estimate of drug-likeness (QED) is 0.0232. The standard InChI is InChI=1S/C92H154N6O22P2/c1-7-10-13-16-19-22-25-28-31-34-37-40-43-46-49-52-62-111-78-66-75(67-79(112-63-53-50-47-44-41-38-35-32-29-26-23-20-17-14-11-8-2)88(78)114-64-54-51-48-45-42-39-36-33-30-27-24-21-18-15-12-9-3)90(104)96(6)61-65-113-86(101)58-56-83(100)93-82-59-60-97(91(105)94-82)84-68-76(119-87(102)57-55-74(5)99)81(118-84)72-116-122(109,110)120-77-69-85(117-80(77)71-115-121(107)108)98-70-73(4)89(103)95-92(98)106/h59-60,66-67,70,76-77,80-81,84-85H,7-58,61-65,68-69,71-72H2,1-6H3,(H3-,93,94,95,100,103,105,106,107,108,109,110)/p+1/t76?,77?,80-,81-,84-,85-/m1/s1. The zero-order valence-electron chi connectivity index (χ0n) is 75.2. The van der Waals surface area contributed by atoms with Crippen LogP contribution in [0.2, 0.25) is 0 Å². The van der Waals surface area contributed by atoms with E-state index >= 15 is 0 Å². The van der Waals surface area contributed by atoms with E-state index < -0.39 is 101 Å². The van der Waals surface area contributed by atoms with Crippen LogP contribution in [0.1, 0.15) is 403 Å². The van der Waals surface area contributed by atoms with E-state index in [0.29, 0.717) is 42.6 Å². The van der Waals surface area contributed by atoms with Gasteiger partial charge in [-0.15, -0.1) is 9.42 Å². The second-order valence-corrected chi connectivity index (χ2v) is 35.8. The molecule has 694 valence electrons. The van der Waals surface area contributed by atoms with E-state index in [4.69, 9.17) is 46.7 Å². The molecule has 4 N–H and O–H groups in total. The Kier molecular flexibility index (Phi) is 57.0. The van der Waals surface area contributed by atoms with Gasteiger partial charge in [-0.25, -0.2) is 14.2 Å². The number of carbonyl (C=O) groups excluding carboxylic acids is 5. The first-order valence-corrected chi connectivity index (χ1v) is 49.9. The number of hydrogen-bond acceptors (Lipinski definition) is 21. The summed E-state index contributed by atoms with van der Waals surface area (Å²) in [6, 6.07) is 4.78. The minimum Gasteiger partial charge on any atom is -0.490 e. The van der Waals surface area contributed by atoms with Gasteiger partial charge in [-0.1, -0.05) is 310 Å². The molecule has 28 nitrogen and oxygen atoms in total. The first-order chi connectivity index (χ1) is 59.1. The van der Waals surface area contributed by atoms with Gasteiger partial charge in [-0.3, -0.25) is 47.1 Å². The SMILES string of the molecule is CCCCCCCCCCCCCCCCCCOc1cc(C(=O)N(C)CCOC(=O)CCC(=O)Nc2ccn([C@H]3CC(OC(=O)CCC(C)=O)[C@@H](COP(=O)(O)OC4C[C@H](n5cc(C)c(=O)[nH]c5=O)O[C@@H]4CO[P+](=O)O)O3)c(=O)n2)cc(OCCCCCCCCCCCCCCCCCC)c1OCCCCCCCCCCCCCCCCCC. The van der Waals surface area contributed by atoms with Gasteiger partial charge in [0.05, 0.1) is 45.8 Å². The largest absolute Gasteiger partial charge is 0.694 e. The highest BCUT2D eigenvalue weighted by Crippen LogP contribution is 2.50. The zero-order chi connectivity index (χ0) is 88.2. The molecule has 0 radical (unpaired) electrons. The Bertz CT molecular complexity index is 3590. The number of ketones is 1. The molecule has 1 aromatic carbocycles. The van der Waals surface area contributed by atoms with Crippen molar-refractivity contribution in [2.75, 3.05) is 58.6 Å². The number of hydrogen-bond donors (Lipinski definition) is 4. The van der Waals surface area contributed by atoms with E-state index in [-0.39, 0.29) is 74.7 Å². The van der Waals surface area contributed by atoms with Gasteiger partial charge >= 0.3 is 39.4 Å². The van der Waals surface area contributed by atoms with Crippen LogP contribution in [-0.4, -0.2) is 141 Å². The molecule has 4 unspecified atom stereocenters. The highest BCUT2D eigenvalue weighted by Gasteiger charge is 2.46. The van der Waals surface area contributed by atoms with Crippen molar-refractivity contribution in [3.63, 3.8) is 0 Å². The number of aryl methyl sites for hydroxylation is 1. The third kappa shape index (κ3) is 46.8. The lowest BCUT2D eigenvalue weighted by Crippen LogP contribution is -2.33. The number of phosphoric ester groups is 1. The summed E-state index contributed by atoms with van der Waals surface area (Å²) >= 11 is 0. The summed E-state index contributed by atoms with van der Waals surface area (Å²) in [5.41, 5.74) is -2.00. The van der Waals surface area contributed by atoms with Crippen LogP contribution in [0, 0.1) is 6.92 Å². The van der Waals surface area contributed by atoms with E-state index in [1.165, 1.54) is 288 Å². The average Bonchev–Trinajstić information content (AvgIpc) is 1.67. The van der Waals surface area contributed by atoms with Gasteiger partial charge in [-0.05, 0) is 51.3 Å². The molecule has 2 saturated heterocycles. The lowest BCUT2D eigenvalue weighted by atomic mass is 10.0. The second-order valence-electron chi connectivity index (χ2n) is 33.6. The van der Waals surface area contributed by atoms with Crippen LogP contribution < -0.4 is 36.5 Å². The van der Waals surface area contributed by atoms with Crippen molar-refractivity contribution in [2.24, 2.45) is 0 Å². The van der Waals surface area contributed by atoms with Gasteiger partial charge < -0.3 is 53.1 Å². The molecule has 8 atom stereocenters. The van der Waals surface area contributed by atoms with Gasteiger partial charge in [0.25, 0.3) is 11.5 Å². The van der Waals surface area contributed by atoms with Crippen molar-refractivity contribution in [1.29, 1.82) is 0 Å². The Labute approximate surface area is 728 Å². The smallest absolute Gasteiger partial charge is 0.490 e. The monoisotopic (exact) mass is 1760 g/mol. The number of nitrogens with one attached hydrogen (secondary N) is 2. The van der Waals surface area contributed by atoms with Crippen molar-refractivity contribution in [3.8, 4) is 17.2 Å². The summed E-state index contributed by atoms with van der Waals surface area (Å²) in [5.74, 6) is -1.59. The number of unbranched alkanes of at least 4 members (excludes halogenated alkanes) is 45. The third-order valence-corrected chi connectivity index (χ3v) is 24.2. The van der Waals surface area contributed by atoms with Crippen molar-refractivity contribution in [3.05, 3.63) is 73.0 Å². The van der Waals surface area contributed by atoms with Crippen LogP contribution in [0.25, 0.3) is 0 Å². The number of ether oxygens (including phenoxy) is 7. The number of nitrogens with zero attached hydrogens (tertiary/aromatic N) is 4. The molecule has 0 aliphatic carbocycles. The number of esters is 2. The number of aromatic amines is 1. The summed E-state index contributed by atoms with van der Waals surface area (Å²) in [6.45, 7) is 9.33. The first-order valence-electron chi connectivity index (χ1n) is 47.2. The summed E-state index contributed by atoms with van der Waals surface area (Å²) in [4.78, 5) is 132. The van der Waals surface area contributed by atoms with Crippen LogP contribution in [0.4, 0.5) is 5.82 Å². The maximum atomic E-state index is 14.5. The molecular formula is C92H155N6O22P2+. The fourth-order valence-electron chi connectivity index (χ4n) is 15.4. The Balaban J connectivity index is 1.17. The molecule has 122 heavy (non-hydrogen) atoms. The Morgan fingerprint density at radius 3 is 1.40 bits per heavy atom. The minimum atomic E-state index is -5.16. The van der Waals surface area contributed by atoms with Gasteiger partial charge in [-0.2, -0.15) is 4.98 Å². The fourth-order valence-corrected chi connectivity index (χ4v) is 16.7. The number of phosphoric acid groups is 1. The predicted molar refractivity (Wildman–Crippen MR) is 475 cm³/mol. The number of Topliss-reactive ketones (excluding diaryl/α,β-unsaturated/α-hetero) is 1. The molecule has 2 aromatic heterocycles. The van der Waals surface area contributed by atoms with Crippen LogP contribution in [0.5, 0.6) is 17.2 Å². The minimum absolute atomic E-state index is 0.0236. The van der Waals surface area contributed by atoms with E-state index in [1.807, 2.05) is 0 Å². The molecule has 2 aliphatic rings. The third-order valence-electron chi connectivity index (χ3n) is 22.8. The van der Waals surface area contributed by atoms with E-state index in [2.05, 4.69) is 36.1 Å². The molecule has 2 fully saturated rings. The molecule has 0 saturated carbocycles. The zero-order valence-corrected chi connectivity index (χ0v) is 77.0. The molecular weight excluding hydrogens is 1600 g/mol. The number of rotatable bonds is 76.